The second kappa shape index (κ2) is 3.88. The Morgan fingerprint density at radius 2 is 2.27 bits per heavy atom. The fourth-order valence-corrected chi connectivity index (χ4v) is 1.39. The first-order chi connectivity index (χ1) is 6.86. The van der Waals surface area contributed by atoms with E-state index in [0.717, 1.165) is 5.69 Å². The van der Waals surface area contributed by atoms with E-state index in [4.69, 9.17) is 5.11 Å². The van der Waals surface area contributed by atoms with Gasteiger partial charge >= 0.3 is 5.97 Å². The van der Waals surface area contributed by atoms with E-state index in [1.54, 1.807) is 16.8 Å². The minimum Gasteiger partial charge on any atom is -0.476 e. The molecule has 0 unspecified atom stereocenters. The van der Waals surface area contributed by atoms with Crippen LogP contribution in [0, 0.1) is 0 Å². The summed E-state index contributed by atoms with van der Waals surface area (Å²) in [4.78, 5) is 10.8. The van der Waals surface area contributed by atoms with Crippen LogP contribution in [0.4, 0.5) is 0 Å². The van der Waals surface area contributed by atoms with E-state index in [2.05, 4.69) is 11.7 Å². The Morgan fingerprint density at radius 3 is 2.67 bits per heavy atom. The Morgan fingerprint density at radius 1 is 1.67 bits per heavy atom. The zero-order chi connectivity index (χ0) is 11.6. The second-order valence-electron chi connectivity index (χ2n) is 4.44. The van der Waals surface area contributed by atoms with Gasteiger partial charge < -0.3 is 5.11 Å². The van der Waals surface area contributed by atoms with Crippen LogP contribution in [0.2, 0.25) is 0 Å². The molecule has 4 heteroatoms. The van der Waals surface area contributed by atoms with Crippen LogP contribution in [0.3, 0.4) is 0 Å². The van der Waals surface area contributed by atoms with Crippen molar-refractivity contribution in [3.8, 4) is 0 Å². The minimum absolute atomic E-state index is 0.0850. The molecule has 0 aromatic carbocycles. The molecule has 82 valence electrons. The van der Waals surface area contributed by atoms with Crippen molar-refractivity contribution in [1.29, 1.82) is 0 Å². The van der Waals surface area contributed by atoms with E-state index in [9.17, 15) is 4.79 Å². The molecule has 0 amide bonds. The Labute approximate surface area is 89.2 Å². The van der Waals surface area contributed by atoms with Crippen molar-refractivity contribution >= 4 is 5.97 Å². The van der Waals surface area contributed by atoms with Crippen molar-refractivity contribution < 1.29 is 9.90 Å². The smallest absolute Gasteiger partial charge is 0.356 e. The van der Waals surface area contributed by atoms with Gasteiger partial charge in [-0.1, -0.05) is 26.8 Å². The lowest BCUT2D eigenvalue weighted by Crippen LogP contribution is -2.17. The summed E-state index contributed by atoms with van der Waals surface area (Å²) in [5, 5.41) is 12.9. The Hall–Kier alpha value is -1.58. The molecule has 1 N–H and O–H groups in total. The van der Waals surface area contributed by atoms with Gasteiger partial charge in [-0.15, -0.1) is 6.58 Å². The number of hydrogen-bond donors (Lipinski definition) is 1. The van der Waals surface area contributed by atoms with Gasteiger partial charge in [0.05, 0.1) is 6.54 Å². The summed E-state index contributed by atoms with van der Waals surface area (Å²) in [6, 6.07) is 1.62. The summed E-state index contributed by atoms with van der Waals surface area (Å²) in [7, 11) is 0. The summed E-state index contributed by atoms with van der Waals surface area (Å²) < 4.78 is 1.68. The highest BCUT2D eigenvalue weighted by atomic mass is 16.4. The average Bonchev–Trinajstić information content (AvgIpc) is 2.48. The van der Waals surface area contributed by atoms with Crippen LogP contribution < -0.4 is 0 Å². The Balaban J connectivity index is 3.23. The third-order valence-electron chi connectivity index (χ3n) is 2.07. The molecule has 0 fully saturated rings. The van der Waals surface area contributed by atoms with Gasteiger partial charge in [-0.2, -0.15) is 5.10 Å². The predicted molar refractivity (Wildman–Crippen MR) is 58.1 cm³/mol. The highest BCUT2D eigenvalue weighted by molar-refractivity contribution is 5.85. The molecule has 1 heterocycles. The zero-order valence-corrected chi connectivity index (χ0v) is 9.32. The van der Waals surface area contributed by atoms with Crippen molar-refractivity contribution in [3.05, 3.63) is 30.1 Å². The molecule has 1 aromatic heterocycles. The van der Waals surface area contributed by atoms with Gasteiger partial charge in [0, 0.05) is 11.1 Å². The van der Waals surface area contributed by atoms with Gasteiger partial charge in [-0.25, -0.2) is 4.79 Å². The quantitative estimate of drug-likeness (QED) is 0.773. The molecule has 0 spiro atoms. The summed E-state index contributed by atoms with van der Waals surface area (Å²) in [5.74, 6) is -0.997. The summed E-state index contributed by atoms with van der Waals surface area (Å²) in [6.45, 7) is 10.2. The fourth-order valence-electron chi connectivity index (χ4n) is 1.39. The molecular weight excluding hydrogens is 192 g/mol. The van der Waals surface area contributed by atoms with Crippen LogP contribution in [-0.4, -0.2) is 20.9 Å². The summed E-state index contributed by atoms with van der Waals surface area (Å²) in [6.07, 6.45) is 1.70. The lowest BCUT2D eigenvalue weighted by atomic mass is 9.92. The van der Waals surface area contributed by atoms with Gasteiger partial charge in [0.25, 0.3) is 0 Å². The van der Waals surface area contributed by atoms with Gasteiger partial charge in [-0.3, -0.25) is 4.68 Å². The van der Waals surface area contributed by atoms with Crippen molar-refractivity contribution in [2.45, 2.75) is 32.7 Å². The maximum Gasteiger partial charge on any atom is 0.356 e. The van der Waals surface area contributed by atoms with E-state index in [1.807, 2.05) is 20.8 Å². The van der Waals surface area contributed by atoms with Crippen LogP contribution in [0.25, 0.3) is 0 Å². The number of hydrogen-bond acceptors (Lipinski definition) is 2. The molecule has 4 nitrogen and oxygen atoms in total. The lowest BCUT2D eigenvalue weighted by molar-refractivity contribution is 0.0689. The van der Waals surface area contributed by atoms with Crippen LogP contribution in [0.5, 0.6) is 0 Å². The Kier molecular flexibility index (Phi) is 2.98. The van der Waals surface area contributed by atoms with Crippen molar-refractivity contribution in [2.24, 2.45) is 0 Å². The number of allylic oxidation sites excluding steroid dienone is 1. The summed E-state index contributed by atoms with van der Waals surface area (Å²) in [5.41, 5.74) is 0.866. The first-order valence-corrected chi connectivity index (χ1v) is 4.79. The van der Waals surface area contributed by atoms with Crippen LogP contribution >= 0.6 is 0 Å². The van der Waals surface area contributed by atoms with E-state index >= 15 is 0 Å². The van der Waals surface area contributed by atoms with Crippen LogP contribution in [0.1, 0.15) is 37.0 Å². The third kappa shape index (κ3) is 2.46. The molecule has 0 bridgehead atoms. The van der Waals surface area contributed by atoms with Crippen LogP contribution in [-0.2, 0) is 12.0 Å². The highest BCUT2D eigenvalue weighted by Crippen LogP contribution is 2.23. The fraction of sp³-hybridized carbons (Fsp3) is 0.455. The standard InChI is InChI=1S/C11H16N2O2/c1-5-6-13-9(11(2,3)4)7-8(12-13)10(14)15/h5,7H,1,6H2,2-4H3,(H,14,15). The lowest BCUT2D eigenvalue weighted by Gasteiger charge is -2.19. The summed E-state index contributed by atoms with van der Waals surface area (Å²) >= 11 is 0. The number of rotatable bonds is 3. The number of carboxylic acids is 1. The van der Waals surface area contributed by atoms with E-state index in [-0.39, 0.29) is 11.1 Å². The predicted octanol–water partition coefficient (Wildman–Crippen LogP) is 2.06. The molecule has 0 saturated carbocycles. The monoisotopic (exact) mass is 208 g/mol. The number of aromatic nitrogens is 2. The van der Waals surface area contributed by atoms with E-state index in [0.29, 0.717) is 6.54 Å². The second-order valence-corrected chi connectivity index (χ2v) is 4.44. The first kappa shape index (κ1) is 11.5. The first-order valence-electron chi connectivity index (χ1n) is 4.79. The molecular formula is C11H16N2O2. The third-order valence-corrected chi connectivity index (χ3v) is 2.07. The number of aromatic carboxylic acids is 1. The molecule has 1 rings (SSSR count). The topological polar surface area (TPSA) is 55.1 Å². The van der Waals surface area contributed by atoms with Gasteiger partial charge in [0.1, 0.15) is 0 Å². The molecule has 0 atom stereocenters. The minimum atomic E-state index is -0.997. The molecule has 1 aromatic rings. The number of carbonyl (C=O) groups is 1. The molecule has 15 heavy (non-hydrogen) atoms. The molecule has 0 radical (unpaired) electrons. The average molecular weight is 208 g/mol. The normalized spacial score (nSPS) is 11.4. The van der Waals surface area contributed by atoms with E-state index in [1.165, 1.54) is 0 Å². The van der Waals surface area contributed by atoms with Gasteiger partial charge in [0.15, 0.2) is 5.69 Å². The highest BCUT2D eigenvalue weighted by Gasteiger charge is 2.22. The zero-order valence-electron chi connectivity index (χ0n) is 9.32. The maximum atomic E-state index is 10.8. The van der Waals surface area contributed by atoms with E-state index < -0.39 is 5.97 Å². The Bertz CT molecular complexity index is 386. The molecule has 0 aliphatic heterocycles. The molecule has 0 aliphatic carbocycles. The maximum absolute atomic E-state index is 10.8. The van der Waals surface area contributed by atoms with Crippen LogP contribution in [0.15, 0.2) is 18.7 Å². The van der Waals surface area contributed by atoms with Gasteiger partial charge in [-0.05, 0) is 6.07 Å². The SMILES string of the molecule is C=CCn1nc(C(=O)O)cc1C(C)(C)C. The number of carboxylic acid groups (broad SMARTS) is 1. The molecule has 0 saturated heterocycles. The number of nitrogens with zero attached hydrogens (tertiary/aromatic N) is 2. The largest absolute Gasteiger partial charge is 0.476 e. The van der Waals surface area contributed by atoms with Crippen molar-refractivity contribution in [3.63, 3.8) is 0 Å². The van der Waals surface area contributed by atoms with Crippen molar-refractivity contribution in [1.82, 2.24) is 9.78 Å². The van der Waals surface area contributed by atoms with Crippen molar-refractivity contribution in [2.75, 3.05) is 0 Å². The van der Waals surface area contributed by atoms with Gasteiger partial charge in [0.2, 0.25) is 0 Å². The molecule has 0 aliphatic rings.